The van der Waals surface area contributed by atoms with E-state index in [0.29, 0.717) is 6.42 Å². The van der Waals surface area contributed by atoms with E-state index in [-0.39, 0.29) is 6.04 Å². The molecule has 0 fully saturated rings. The van der Waals surface area contributed by atoms with Gasteiger partial charge in [-0.2, -0.15) is 5.48 Å². The van der Waals surface area contributed by atoms with Crippen molar-refractivity contribution >= 4 is 0 Å². The van der Waals surface area contributed by atoms with Crippen molar-refractivity contribution in [3.05, 3.63) is 12.7 Å². The highest BCUT2D eigenvalue weighted by Gasteiger charge is 2.00. The van der Waals surface area contributed by atoms with E-state index in [9.17, 15) is 0 Å². The van der Waals surface area contributed by atoms with Crippen molar-refractivity contribution in [2.45, 2.75) is 109 Å². The Balaban J connectivity index is 3.04. The number of nitrogens with one attached hydrogen (secondary N) is 1. The molecule has 0 aliphatic carbocycles. The molecule has 4 heteroatoms. The molecule has 4 nitrogen and oxygen atoms in total. The van der Waals surface area contributed by atoms with Crippen LogP contribution < -0.4 is 11.2 Å². The predicted molar refractivity (Wildman–Crippen MR) is 98.4 cm³/mol. The van der Waals surface area contributed by atoms with Gasteiger partial charge in [0.2, 0.25) is 0 Å². The van der Waals surface area contributed by atoms with Crippen LogP contribution in [-0.4, -0.2) is 22.6 Å². The van der Waals surface area contributed by atoms with Crippen LogP contribution in [0, 0.1) is 0 Å². The van der Waals surface area contributed by atoms with Crippen molar-refractivity contribution in [1.82, 2.24) is 5.48 Å². The zero-order valence-electron chi connectivity index (χ0n) is 15.0. The topological polar surface area (TPSA) is 78.5 Å². The van der Waals surface area contributed by atoms with E-state index in [0.717, 1.165) is 19.3 Å². The van der Waals surface area contributed by atoms with Crippen molar-refractivity contribution in [2.75, 3.05) is 0 Å². The van der Waals surface area contributed by atoms with Crippen molar-refractivity contribution in [3.8, 4) is 0 Å². The molecule has 0 aliphatic rings. The standard InChI is InChI=1S/C19H40N2O2/c1-2-18(20)16-14-12-10-8-6-4-3-5-7-9-11-13-15-17-19(22)21-23/h2,18-19,21-23H,1,3-17,20H2. The van der Waals surface area contributed by atoms with Gasteiger partial charge in [0.15, 0.2) is 0 Å². The van der Waals surface area contributed by atoms with Gasteiger partial charge in [-0.3, -0.25) is 0 Å². The van der Waals surface area contributed by atoms with E-state index in [1.807, 2.05) is 11.6 Å². The number of rotatable bonds is 18. The van der Waals surface area contributed by atoms with Crippen molar-refractivity contribution in [1.29, 1.82) is 0 Å². The summed E-state index contributed by atoms with van der Waals surface area (Å²) in [5, 5.41) is 17.6. The quantitative estimate of drug-likeness (QED) is 0.128. The van der Waals surface area contributed by atoms with E-state index in [2.05, 4.69) is 6.58 Å². The van der Waals surface area contributed by atoms with Gasteiger partial charge in [-0.1, -0.05) is 83.1 Å². The average molecular weight is 329 g/mol. The third-order valence-corrected chi connectivity index (χ3v) is 4.47. The lowest BCUT2D eigenvalue weighted by Gasteiger charge is -2.07. The van der Waals surface area contributed by atoms with E-state index in [1.165, 1.54) is 70.6 Å². The molecule has 138 valence electrons. The lowest BCUT2D eigenvalue weighted by Crippen LogP contribution is -2.24. The highest BCUT2D eigenvalue weighted by molar-refractivity contribution is 4.81. The maximum Gasteiger partial charge on any atom is 0.126 e. The second-order valence-corrected chi connectivity index (χ2v) is 6.72. The molecular weight excluding hydrogens is 288 g/mol. The van der Waals surface area contributed by atoms with Crippen LogP contribution in [0.5, 0.6) is 0 Å². The summed E-state index contributed by atoms with van der Waals surface area (Å²) in [6.07, 6.45) is 19.5. The summed E-state index contributed by atoms with van der Waals surface area (Å²) >= 11 is 0. The van der Waals surface area contributed by atoms with E-state index < -0.39 is 6.23 Å². The van der Waals surface area contributed by atoms with Crippen LogP contribution in [0.3, 0.4) is 0 Å². The van der Waals surface area contributed by atoms with Crippen LogP contribution in [-0.2, 0) is 0 Å². The summed E-state index contributed by atoms with van der Waals surface area (Å²) in [6, 6.07) is 0.186. The average Bonchev–Trinajstić information content (AvgIpc) is 2.57. The largest absolute Gasteiger partial charge is 0.377 e. The van der Waals surface area contributed by atoms with Gasteiger partial charge in [-0.15, -0.1) is 6.58 Å². The smallest absolute Gasteiger partial charge is 0.126 e. The molecule has 0 spiro atoms. The molecule has 5 N–H and O–H groups in total. The van der Waals surface area contributed by atoms with Gasteiger partial charge in [0.05, 0.1) is 0 Å². The lowest BCUT2D eigenvalue weighted by atomic mass is 10.0. The minimum Gasteiger partial charge on any atom is -0.377 e. The second kappa shape index (κ2) is 17.9. The zero-order valence-corrected chi connectivity index (χ0v) is 15.0. The summed E-state index contributed by atoms with van der Waals surface area (Å²) in [7, 11) is 0. The highest BCUT2D eigenvalue weighted by Crippen LogP contribution is 2.13. The number of hydroxylamine groups is 1. The number of hydrogen-bond acceptors (Lipinski definition) is 4. The van der Waals surface area contributed by atoms with Crippen LogP contribution in [0.25, 0.3) is 0 Å². The molecule has 0 saturated heterocycles. The van der Waals surface area contributed by atoms with E-state index in [1.54, 1.807) is 0 Å². The van der Waals surface area contributed by atoms with Gasteiger partial charge in [-0.05, 0) is 19.3 Å². The Morgan fingerprint density at radius 1 is 0.739 bits per heavy atom. The van der Waals surface area contributed by atoms with Crippen LogP contribution in [0.2, 0.25) is 0 Å². The Hall–Kier alpha value is -0.420. The number of nitrogens with two attached hydrogens (primary N) is 1. The molecule has 0 aromatic heterocycles. The highest BCUT2D eigenvalue weighted by atomic mass is 16.5. The molecule has 0 aromatic rings. The van der Waals surface area contributed by atoms with Gasteiger partial charge in [0, 0.05) is 6.04 Å². The summed E-state index contributed by atoms with van der Waals surface area (Å²) in [4.78, 5) is 0. The lowest BCUT2D eigenvalue weighted by molar-refractivity contribution is -0.00393. The minimum absolute atomic E-state index is 0.186. The molecule has 0 rings (SSSR count). The Bertz CT molecular complexity index is 250. The summed E-state index contributed by atoms with van der Waals surface area (Å²) in [6.45, 7) is 3.71. The summed E-state index contributed by atoms with van der Waals surface area (Å²) < 4.78 is 0. The van der Waals surface area contributed by atoms with Crippen LogP contribution in [0.1, 0.15) is 96.3 Å². The predicted octanol–water partition coefficient (Wildman–Crippen LogP) is 4.65. The van der Waals surface area contributed by atoms with Gasteiger partial charge in [0.1, 0.15) is 6.23 Å². The Labute approximate surface area is 143 Å². The minimum atomic E-state index is -0.756. The van der Waals surface area contributed by atoms with Crippen LogP contribution in [0.4, 0.5) is 0 Å². The van der Waals surface area contributed by atoms with E-state index >= 15 is 0 Å². The maximum atomic E-state index is 9.11. The summed E-state index contributed by atoms with van der Waals surface area (Å²) in [5.41, 5.74) is 7.66. The molecule has 0 saturated carbocycles. The van der Waals surface area contributed by atoms with Crippen LogP contribution in [0.15, 0.2) is 12.7 Å². The molecule has 0 radical (unpaired) electrons. The van der Waals surface area contributed by atoms with Gasteiger partial charge in [-0.25, -0.2) is 0 Å². The molecule has 2 atom stereocenters. The second-order valence-electron chi connectivity index (χ2n) is 6.72. The molecule has 2 unspecified atom stereocenters. The molecule has 0 aromatic carbocycles. The number of aliphatic hydroxyl groups is 1. The maximum absolute atomic E-state index is 9.11. The molecule has 0 amide bonds. The SMILES string of the molecule is C=CC(N)CCCCCCCCCCCCCCCC(O)NO. The molecular formula is C19H40N2O2. The fourth-order valence-electron chi connectivity index (χ4n) is 2.84. The van der Waals surface area contributed by atoms with Crippen molar-refractivity contribution < 1.29 is 10.3 Å². The molecule has 0 bridgehead atoms. The van der Waals surface area contributed by atoms with Crippen LogP contribution >= 0.6 is 0 Å². The molecule has 0 heterocycles. The summed E-state index contributed by atoms with van der Waals surface area (Å²) in [5.74, 6) is 0. The first-order chi connectivity index (χ1) is 11.2. The monoisotopic (exact) mass is 328 g/mol. The first kappa shape index (κ1) is 22.6. The molecule has 23 heavy (non-hydrogen) atoms. The number of unbranched alkanes of at least 4 members (excludes halogenated alkanes) is 12. The van der Waals surface area contributed by atoms with Gasteiger partial charge < -0.3 is 16.0 Å². The Morgan fingerprint density at radius 2 is 1.09 bits per heavy atom. The fourth-order valence-corrected chi connectivity index (χ4v) is 2.84. The van der Waals surface area contributed by atoms with E-state index in [4.69, 9.17) is 16.0 Å². The van der Waals surface area contributed by atoms with Gasteiger partial charge >= 0.3 is 0 Å². The molecule has 0 aliphatic heterocycles. The zero-order chi connectivity index (χ0) is 17.2. The number of aliphatic hydroxyl groups excluding tert-OH is 1. The Morgan fingerprint density at radius 3 is 1.43 bits per heavy atom. The van der Waals surface area contributed by atoms with Gasteiger partial charge in [0.25, 0.3) is 0 Å². The number of hydrogen-bond donors (Lipinski definition) is 4. The Kier molecular flexibility index (Phi) is 17.6. The van der Waals surface area contributed by atoms with Crippen molar-refractivity contribution in [2.24, 2.45) is 5.73 Å². The van der Waals surface area contributed by atoms with Crippen molar-refractivity contribution in [3.63, 3.8) is 0 Å². The first-order valence-corrected chi connectivity index (χ1v) is 9.66. The normalized spacial score (nSPS) is 13.9. The first-order valence-electron chi connectivity index (χ1n) is 9.66. The third-order valence-electron chi connectivity index (χ3n) is 4.47. The fraction of sp³-hybridized carbons (Fsp3) is 0.895. The third kappa shape index (κ3) is 17.8.